The molecule has 4 aromatic rings. The van der Waals surface area contributed by atoms with E-state index in [4.69, 9.17) is 0 Å². The van der Waals surface area contributed by atoms with Crippen molar-refractivity contribution in [3.63, 3.8) is 0 Å². The highest BCUT2D eigenvalue weighted by Gasteiger charge is 2.13. The number of thiazole rings is 1. The number of pyridine rings is 1. The zero-order valence-electron chi connectivity index (χ0n) is 15.0. The molecule has 9 heteroatoms. The molecular weight excluding hydrogens is 378 g/mol. The van der Waals surface area contributed by atoms with Crippen molar-refractivity contribution in [3.8, 4) is 0 Å². The van der Waals surface area contributed by atoms with Gasteiger partial charge in [0.25, 0.3) is 11.5 Å². The highest BCUT2D eigenvalue weighted by atomic mass is 32.1. The van der Waals surface area contributed by atoms with Crippen LogP contribution in [-0.4, -0.2) is 25.8 Å². The number of nitrogens with zero attached hydrogens (tertiary/aromatic N) is 2. The van der Waals surface area contributed by atoms with E-state index in [-0.39, 0.29) is 16.6 Å². The van der Waals surface area contributed by atoms with E-state index in [0.717, 1.165) is 29.5 Å². The molecule has 1 amide bonds. The summed E-state index contributed by atoms with van der Waals surface area (Å²) in [4.78, 5) is 48.7. The smallest absolute Gasteiger partial charge is 0.298 e. The molecule has 0 fully saturated rings. The molecule has 0 saturated heterocycles. The number of hydrogen-bond acceptors (Lipinski definition) is 6. The van der Waals surface area contributed by atoms with Crippen molar-refractivity contribution in [2.75, 3.05) is 5.32 Å². The quantitative estimate of drug-likeness (QED) is 0.480. The summed E-state index contributed by atoms with van der Waals surface area (Å²) < 4.78 is 1.01. The largest absolute Gasteiger partial charge is 0.327 e. The number of carbonyl (C=O) groups is 1. The van der Waals surface area contributed by atoms with E-state index in [1.807, 2.05) is 6.07 Å². The van der Waals surface area contributed by atoms with E-state index >= 15 is 0 Å². The van der Waals surface area contributed by atoms with E-state index < -0.39 is 17.2 Å². The third kappa shape index (κ3) is 3.56. The number of unbranched alkanes of at least 4 members (excludes halogenated alkanes) is 1. The summed E-state index contributed by atoms with van der Waals surface area (Å²) in [5, 5.41) is 3.36. The molecule has 4 rings (SSSR count). The Morgan fingerprint density at radius 2 is 2.07 bits per heavy atom. The molecule has 0 bridgehead atoms. The van der Waals surface area contributed by atoms with Gasteiger partial charge in [0.15, 0.2) is 5.13 Å². The Morgan fingerprint density at radius 3 is 2.89 bits per heavy atom. The number of H-pyrrole nitrogens is 2. The number of carbonyl (C=O) groups excluding carboxylic acids is 1. The van der Waals surface area contributed by atoms with Crippen LogP contribution in [-0.2, 0) is 6.42 Å². The summed E-state index contributed by atoms with van der Waals surface area (Å²) in [6.45, 7) is 2.16. The van der Waals surface area contributed by atoms with Crippen molar-refractivity contribution < 1.29 is 4.79 Å². The summed E-state index contributed by atoms with van der Waals surface area (Å²) in [5.74, 6) is -0.426. The fraction of sp³-hybridized carbons (Fsp3) is 0.211. The Morgan fingerprint density at radius 1 is 1.21 bits per heavy atom. The van der Waals surface area contributed by atoms with Crippen LogP contribution in [0.4, 0.5) is 5.13 Å². The average Bonchev–Trinajstić information content (AvgIpc) is 3.07. The molecule has 1 aromatic carbocycles. The van der Waals surface area contributed by atoms with Crippen LogP contribution in [0.3, 0.4) is 0 Å². The lowest BCUT2D eigenvalue weighted by molar-refractivity contribution is 0.102. The van der Waals surface area contributed by atoms with Crippen LogP contribution >= 0.6 is 11.3 Å². The van der Waals surface area contributed by atoms with Gasteiger partial charge in [0, 0.05) is 6.20 Å². The van der Waals surface area contributed by atoms with E-state index in [2.05, 4.69) is 44.3 Å². The standard InChI is InChI=1S/C19H17N5O3S/c1-2-3-4-10-5-6-13-14(7-10)28-19(21-13)24-16(25)11-8-12-15(20-9-11)22-18(27)23-17(12)26/h5-9H,2-4H2,1H3,(H,21,24,25)(H2,20,22,23,26,27). The van der Waals surface area contributed by atoms with Crippen LogP contribution in [0, 0.1) is 0 Å². The number of aromatic amines is 2. The van der Waals surface area contributed by atoms with Crippen molar-refractivity contribution >= 4 is 43.6 Å². The Kier molecular flexibility index (Phi) is 4.74. The average molecular weight is 395 g/mol. The second-order valence-corrected chi connectivity index (χ2v) is 7.44. The van der Waals surface area contributed by atoms with Gasteiger partial charge in [-0.1, -0.05) is 30.7 Å². The topological polar surface area (TPSA) is 121 Å². The predicted molar refractivity (Wildman–Crippen MR) is 109 cm³/mol. The number of amides is 1. The molecule has 0 aliphatic carbocycles. The first kappa shape index (κ1) is 18.1. The number of anilines is 1. The Bertz CT molecular complexity index is 1300. The lowest BCUT2D eigenvalue weighted by Gasteiger charge is -2.02. The molecule has 0 radical (unpaired) electrons. The molecule has 3 heterocycles. The van der Waals surface area contributed by atoms with Crippen LogP contribution in [0.15, 0.2) is 40.1 Å². The molecule has 0 aliphatic heterocycles. The van der Waals surface area contributed by atoms with E-state index in [0.29, 0.717) is 5.13 Å². The minimum atomic E-state index is -0.644. The molecular formula is C19H17N5O3S. The molecule has 28 heavy (non-hydrogen) atoms. The normalized spacial score (nSPS) is 11.2. The van der Waals surface area contributed by atoms with Crippen LogP contribution in [0.1, 0.15) is 35.7 Å². The van der Waals surface area contributed by atoms with E-state index in [9.17, 15) is 14.4 Å². The zero-order valence-corrected chi connectivity index (χ0v) is 15.9. The van der Waals surface area contributed by atoms with Crippen LogP contribution < -0.4 is 16.6 Å². The molecule has 0 atom stereocenters. The van der Waals surface area contributed by atoms with Crippen molar-refractivity contribution in [2.24, 2.45) is 0 Å². The first-order valence-corrected chi connectivity index (χ1v) is 9.68. The molecule has 0 unspecified atom stereocenters. The van der Waals surface area contributed by atoms with Gasteiger partial charge in [-0.2, -0.15) is 0 Å². The Labute approximate surface area is 162 Å². The van der Waals surface area contributed by atoms with Crippen molar-refractivity contribution in [2.45, 2.75) is 26.2 Å². The van der Waals surface area contributed by atoms with Gasteiger partial charge in [0.1, 0.15) is 5.65 Å². The maximum atomic E-state index is 12.6. The van der Waals surface area contributed by atoms with Gasteiger partial charge in [0.05, 0.1) is 21.2 Å². The summed E-state index contributed by atoms with van der Waals surface area (Å²) in [5.41, 5.74) is 1.17. The number of aromatic nitrogens is 4. The minimum Gasteiger partial charge on any atom is -0.298 e. The lowest BCUT2D eigenvalue weighted by Crippen LogP contribution is -2.23. The maximum Gasteiger partial charge on any atom is 0.327 e. The van der Waals surface area contributed by atoms with Gasteiger partial charge in [0.2, 0.25) is 0 Å². The number of hydrogen-bond donors (Lipinski definition) is 3. The van der Waals surface area contributed by atoms with Crippen molar-refractivity contribution in [1.82, 2.24) is 19.9 Å². The van der Waals surface area contributed by atoms with Gasteiger partial charge in [-0.25, -0.2) is 14.8 Å². The van der Waals surface area contributed by atoms with Gasteiger partial charge < -0.3 is 0 Å². The van der Waals surface area contributed by atoms with Crippen LogP contribution in [0.2, 0.25) is 0 Å². The van der Waals surface area contributed by atoms with Crippen LogP contribution in [0.25, 0.3) is 21.3 Å². The molecule has 3 aromatic heterocycles. The molecule has 0 saturated carbocycles. The molecule has 3 N–H and O–H groups in total. The first-order valence-electron chi connectivity index (χ1n) is 8.86. The number of benzene rings is 1. The number of nitrogens with one attached hydrogen (secondary N) is 3. The van der Waals surface area contributed by atoms with Gasteiger partial charge in [-0.15, -0.1) is 0 Å². The van der Waals surface area contributed by atoms with Crippen LogP contribution in [0.5, 0.6) is 0 Å². The summed E-state index contributed by atoms with van der Waals surface area (Å²) >= 11 is 1.40. The predicted octanol–water partition coefficient (Wildman–Crippen LogP) is 2.82. The monoisotopic (exact) mass is 395 g/mol. The highest BCUT2D eigenvalue weighted by Crippen LogP contribution is 2.27. The fourth-order valence-electron chi connectivity index (χ4n) is 2.90. The van der Waals surface area contributed by atoms with Gasteiger partial charge >= 0.3 is 5.69 Å². The lowest BCUT2D eigenvalue weighted by atomic mass is 10.1. The van der Waals surface area contributed by atoms with E-state index in [1.54, 1.807) is 0 Å². The van der Waals surface area contributed by atoms with Gasteiger partial charge in [-0.05, 0) is 36.6 Å². The minimum absolute atomic E-state index is 0.130. The van der Waals surface area contributed by atoms with Crippen molar-refractivity contribution in [1.29, 1.82) is 0 Å². The second kappa shape index (κ2) is 7.35. The number of rotatable bonds is 5. The molecule has 142 valence electrons. The third-order valence-electron chi connectivity index (χ3n) is 4.35. The highest BCUT2D eigenvalue weighted by molar-refractivity contribution is 7.22. The summed E-state index contributed by atoms with van der Waals surface area (Å²) in [6.07, 6.45) is 4.60. The molecule has 0 spiro atoms. The molecule has 8 nitrogen and oxygen atoms in total. The Balaban J connectivity index is 1.60. The summed E-state index contributed by atoms with van der Waals surface area (Å²) in [6, 6.07) is 7.51. The third-order valence-corrected chi connectivity index (χ3v) is 5.28. The maximum absolute atomic E-state index is 12.6. The SMILES string of the molecule is CCCCc1ccc2nc(NC(=O)c3cnc4[nH]c(=O)[nH]c(=O)c4c3)sc2c1. The summed E-state index contributed by atoms with van der Waals surface area (Å²) in [7, 11) is 0. The first-order chi connectivity index (χ1) is 13.5. The number of aryl methyl sites for hydroxylation is 1. The van der Waals surface area contributed by atoms with Crippen molar-refractivity contribution in [3.05, 3.63) is 62.4 Å². The second-order valence-electron chi connectivity index (χ2n) is 6.41. The number of fused-ring (bicyclic) bond motifs is 2. The zero-order chi connectivity index (χ0) is 19.7. The fourth-order valence-corrected chi connectivity index (χ4v) is 3.82. The molecule has 0 aliphatic rings. The van der Waals surface area contributed by atoms with Gasteiger partial charge in [-0.3, -0.25) is 24.9 Å². The Hall–Kier alpha value is -3.33. The van der Waals surface area contributed by atoms with E-state index in [1.165, 1.54) is 29.2 Å².